The van der Waals surface area contributed by atoms with E-state index in [-0.39, 0.29) is 23.8 Å². The molecule has 2 fully saturated rings. The smallest absolute Gasteiger partial charge is 0.307 e. The third-order valence-electron chi connectivity index (χ3n) is 3.52. The monoisotopic (exact) mass is 226 g/mol. The van der Waals surface area contributed by atoms with Crippen LogP contribution in [0.15, 0.2) is 0 Å². The second kappa shape index (κ2) is 4.82. The molecule has 2 rings (SSSR count). The number of carboxylic acids is 1. The molecule has 1 aliphatic carbocycles. The first-order chi connectivity index (χ1) is 7.66. The minimum absolute atomic E-state index is 0.0250. The van der Waals surface area contributed by atoms with Gasteiger partial charge in [-0.2, -0.15) is 0 Å². The van der Waals surface area contributed by atoms with Gasteiger partial charge in [-0.3, -0.25) is 9.59 Å². The van der Waals surface area contributed by atoms with Gasteiger partial charge < -0.3 is 15.7 Å². The zero-order chi connectivity index (χ0) is 11.5. The van der Waals surface area contributed by atoms with Crippen molar-refractivity contribution in [3.05, 3.63) is 0 Å². The average molecular weight is 226 g/mol. The molecule has 2 aliphatic rings. The van der Waals surface area contributed by atoms with Crippen molar-refractivity contribution in [2.45, 2.75) is 31.7 Å². The summed E-state index contributed by atoms with van der Waals surface area (Å²) in [5, 5.41) is 14.9. The van der Waals surface area contributed by atoms with Crippen LogP contribution in [0.1, 0.15) is 25.7 Å². The quantitative estimate of drug-likeness (QED) is 0.631. The molecule has 2 atom stereocenters. The molecule has 0 aromatic heterocycles. The van der Waals surface area contributed by atoms with Crippen LogP contribution in [0.5, 0.6) is 0 Å². The summed E-state index contributed by atoms with van der Waals surface area (Å²) in [6.07, 6.45) is 3.64. The molecule has 1 heterocycles. The molecule has 0 bridgehead atoms. The van der Waals surface area contributed by atoms with Gasteiger partial charge in [-0.1, -0.05) is 6.42 Å². The second-order valence-electron chi connectivity index (χ2n) is 4.76. The van der Waals surface area contributed by atoms with Crippen LogP contribution in [0, 0.1) is 11.8 Å². The summed E-state index contributed by atoms with van der Waals surface area (Å²) in [4.78, 5) is 22.5. The molecule has 0 radical (unpaired) electrons. The van der Waals surface area contributed by atoms with Crippen molar-refractivity contribution < 1.29 is 14.7 Å². The summed E-state index contributed by atoms with van der Waals surface area (Å²) in [5.41, 5.74) is 0. The van der Waals surface area contributed by atoms with Gasteiger partial charge in [-0.05, 0) is 19.3 Å². The van der Waals surface area contributed by atoms with Crippen molar-refractivity contribution in [2.24, 2.45) is 11.8 Å². The summed E-state index contributed by atoms with van der Waals surface area (Å²) in [5.74, 6) is -0.884. The van der Waals surface area contributed by atoms with Gasteiger partial charge in [0.15, 0.2) is 0 Å². The van der Waals surface area contributed by atoms with Crippen LogP contribution in [0.3, 0.4) is 0 Å². The molecule has 1 amide bonds. The first kappa shape index (κ1) is 11.4. The van der Waals surface area contributed by atoms with Crippen molar-refractivity contribution in [3.8, 4) is 0 Å². The van der Waals surface area contributed by atoms with Gasteiger partial charge in [-0.15, -0.1) is 0 Å². The highest BCUT2D eigenvalue weighted by molar-refractivity contribution is 5.79. The molecule has 1 aliphatic heterocycles. The van der Waals surface area contributed by atoms with Crippen LogP contribution in [0.4, 0.5) is 0 Å². The molecule has 3 N–H and O–H groups in total. The topological polar surface area (TPSA) is 78.4 Å². The Morgan fingerprint density at radius 3 is 2.50 bits per heavy atom. The molecule has 1 saturated carbocycles. The van der Waals surface area contributed by atoms with E-state index in [4.69, 9.17) is 5.11 Å². The lowest BCUT2D eigenvalue weighted by atomic mass is 9.84. The number of carbonyl (C=O) groups excluding carboxylic acids is 1. The number of aliphatic carboxylic acids is 1. The van der Waals surface area contributed by atoms with Crippen LogP contribution < -0.4 is 10.6 Å². The predicted octanol–water partition coefficient (Wildman–Crippen LogP) is -0.0346. The van der Waals surface area contributed by atoms with Crippen LogP contribution in [0.25, 0.3) is 0 Å². The summed E-state index contributed by atoms with van der Waals surface area (Å²) < 4.78 is 0. The molecule has 16 heavy (non-hydrogen) atoms. The van der Waals surface area contributed by atoms with Gasteiger partial charge >= 0.3 is 5.97 Å². The molecule has 5 heteroatoms. The lowest BCUT2D eigenvalue weighted by molar-refractivity contribution is -0.143. The van der Waals surface area contributed by atoms with Gasteiger partial charge in [0.05, 0.1) is 5.92 Å². The Bertz CT molecular complexity index is 289. The van der Waals surface area contributed by atoms with E-state index in [9.17, 15) is 9.59 Å². The van der Waals surface area contributed by atoms with E-state index < -0.39 is 5.97 Å². The summed E-state index contributed by atoms with van der Waals surface area (Å²) in [6.45, 7) is 1.19. The lowest BCUT2D eigenvalue weighted by Crippen LogP contribution is -2.52. The molecule has 5 nitrogen and oxygen atoms in total. The SMILES string of the molecule is O=C(O)C1CNCC(NC(=O)C2CCC2)C1. The molecule has 0 aromatic rings. The van der Waals surface area contributed by atoms with Crippen LogP contribution in [-0.4, -0.2) is 36.1 Å². The van der Waals surface area contributed by atoms with Gasteiger partial charge in [-0.25, -0.2) is 0 Å². The van der Waals surface area contributed by atoms with Crippen molar-refractivity contribution in [2.75, 3.05) is 13.1 Å². The number of carboxylic acid groups (broad SMARTS) is 1. The standard InChI is InChI=1S/C11H18N2O3/c14-10(7-2-1-3-7)13-9-4-8(11(15)16)5-12-6-9/h7-9,12H,1-6H2,(H,13,14)(H,15,16). The van der Waals surface area contributed by atoms with Gasteiger partial charge in [0, 0.05) is 25.0 Å². The Morgan fingerprint density at radius 2 is 1.94 bits per heavy atom. The van der Waals surface area contributed by atoms with Crippen molar-refractivity contribution in [3.63, 3.8) is 0 Å². The minimum Gasteiger partial charge on any atom is -0.481 e. The lowest BCUT2D eigenvalue weighted by Gasteiger charge is -2.31. The number of hydrogen-bond acceptors (Lipinski definition) is 3. The Hall–Kier alpha value is -1.10. The van der Waals surface area contributed by atoms with E-state index in [0.29, 0.717) is 19.5 Å². The fourth-order valence-electron chi connectivity index (χ4n) is 2.23. The fraction of sp³-hybridized carbons (Fsp3) is 0.818. The normalized spacial score (nSPS) is 30.5. The summed E-state index contributed by atoms with van der Waals surface area (Å²) in [6, 6.07) is -0.0250. The molecular formula is C11H18N2O3. The van der Waals surface area contributed by atoms with Crippen molar-refractivity contribution in [1.82, 2.24) is 10.6 Å². The van der Waals surface area contributed by atoms with E-state index in [1.807, 2.05) is 0 Å². The van der Waals surface area contributed by atoms with Crippen LogP contribution in [0.2, 0.25) is 0 Å². The van der Waals surface area contributed by atoms with Gasteiger partial charge in [0.2, 0.25) is 5.91 Å². The van der Waals surface area contributed by atoms with Gasteiger partial charge in [0.1, 0.15) is 0 Å². The van der Waals surface area contributed by atoms with E-state index in [0.717, 1.165) is 19.3 Å². The van der Waals surface area contributed by atoms with Crippen molar-refractivity contribution >= 4 is 11.9 Å². The summed E-state index contributed by atoms with van der Waals surface area (Å²) in [7, 11) is 0. The number of amides is 1. The van der Waals surface area contributed by atoms with Crippen LogP contribution >= 0.6 is 0 Å². The number of hydrogen-bond donors (Lipinski definition) is 3. The zero-order valence-corrected chi connectivity index (χ0v) is 9.24. The Balaban J connectivity index is 1.80. The molecular weight excluding hydrogens is 208 g/mol. The zero-order valence-electron chi connectivity index (χ0n) is 9.24. The van der Waals surface area contributed by atoms with E-state index >= 15 is 0 Å². The highest BCUT2D eigenvalue weighted by Crippen LogP contribution is 2.26. The number of rotatable bonds is 3. The molecule has 2 unspecified atom stereocenters. The number of nitrogens with one attached hydrogen (secondary N) is 2. The van der Waals surface area contributed by atoms with Crippen LogP contribution in [-0.2, 0) is 9.59 Å². The maximum Gasteiger partial charge on any atom is 0.307 e. The maximum absolute atomic E-state index is 11.7. The Kier molecular flexibility index (Phi) is 3.43. The first-order valence-corrected chi connectivity index (χ1v) is 5.90. The van der Waals surface area contributed by atoms with E-state index in [1.165, 1.54) is 0 Å². The third-order valence-corrected chi connectivity index (χ3v) is 3.52. The van der Waals surface area contributed by atoms with Gasteiger partial charge in [0.25, 0.3) is 0 Å². The molecule has 0 spiro atoms. The Morgan fingerprint density at radius 1 is 1.19 bits per heavy atom. The highest BCUT2D eigenvalue weighted by Gasteiger charge is 2.31. The average Bonchev–Trinajstić information content (AvgIpc) is 2.15. The first-order valence-electron chi connectivity index (χ1n) is 5.90. The largest absolute Gasteiger partial charge is 0.481 e. The van der Waals surface area contributed by atoms with E-state index in [1.54, 1.807) is 0 Å². The highest BCUT2D eigenvalue weighted by atomic mass is 16.4. The third kappa shape index (κ3) is 2.52. The fourth-order valence-corrected chi connectivity index (χ4v) is 2.23. The molecule has 0 aromatic carbocycles. The number of carbonyl (C=O) groups is 2. The number of piperidine rings is 1. The Labute approximate surface area is 94.6 Å². The van der Waals surface area contributed by atoms with E-state index in [2.05, 4.69) is 10.6 Å². The molecule has 1 saturated heterocycles. The minimum atomic E-state index is -0.782. The predicted molar refractivity (Wildman–Crippen MR) is 57.9 cm³/mol. The molecule has 90 valence electrons. The summed E-state index contributed by atoms with van der Waals surface area (Å²) >= 11 is 0. The van der Waals surface area contributed by atoms with Crippen molar-refractivity contribution in [1.29, 1.82) is 0 Å². The maximum atomic E-state index is 11.7. The second-order valence-corrected chi connectivity index (χ2v) is 4.76.